The van der Waals surface area contributed by atoms with Crippen LogP contribution >= 0.6 is 0 Å². The lowest BCUT2D eigenvalue weighted by Crippen LogP contribution is -2.35. The van der Waals surface area contributed by atoms with Crippen LogP contribution in [-0.4, -0.2) is 25.0 Å². The largest absolute Gasteiger partial charge is 0.451 e. The number of carbonyl (C=O) groups is 1. The molecule has 1 aromatic carbocycles. The highest BCUT2D eigenvalue weighted by Crippen LogP contribution is 2.22. The fourth-order valence-electron chi connectivity index (χ4n) is 1.49. The van der Waals surface area contributed by atoms with Gasteiger partial charge in [0, 0.05) is 19.7 Å². The fraction of sp³-hybridized carbons (Fsp3) is 0.154. The molecule has 18 heavy (non-hydrogen) atoms. The molecule has 0 radical (unpaired) electrons. The van der Waals surface area contributed by atoms with Gasteiger partial charge in [0.1, 0.15) is 11.6 Å². The van der Waals surface area contributed by atoms with Crippen molar-refractivity contribution in [2.45, 2.75) is 0 Å². The number of rotatable bonds is 3. The third-order valence-corrected chi connectivity index (χ3v) is 2.28. The second-order valence-electron chi connectivity index (χ2n) is 4.01. The van der Waals surface area contributed by atoms with Gasteiger partial charge in [-0.15, -0.1) is 0 Å². The van der Waals surface area contributed by atoms with E-state index in [1.165, 1.54) is 17.1 Å². The molecule has 0 bridgehead atoms. The quantitative estimate of drug-likeness (QED) is 0.848. The number of benzene rings is 1. The van der Waals surface area contributed by atoms with Gasteiger partial charge in [-0.1, -0.05) is 0 Å². The van der Waals surface area contributed by atoms with Crippen molar-refractivity contribution in [3.8, 4) is 11.3 Å². The number of furan rings is 1. The number of nitrogens with one attached hydrogen (secondary N) is 1. The number of hydrogen-bond acceptors (Lipinski definition) is 3. The van der Waals surface area contributed by atoms with Gasteiger partial charge < -0.3 is 4.42 Å². The van der Waals surface area contributed by atoms with Crippen LogP contribution in [0.15, 0.2) is 40.8 Å². The molecule has 2 rings (SSSR count). The highest BCUT2D eigenvalue weighted by molar-refractivity contribution is 5.91. The summed E-state index contributed by atoms with van der Waals surface area (Å²) >= 11 is 0. The summed E-state index contributed by atoms with van der Waals surface area (Å²) in [6.45, 7) is 0. The summed E-state index contributed by atoms with van der Waals surface area (Å²) in [5.74, 6) is 0.103. The molecule has 94 valence electrons. The highest BCUT2D eigenvalue weighted by atomic mass is 19.1. The molecule has 5 heteroatoms. The lowest BCUT2D eigenvalue weighted by Gasteiger charge is -2.09. The summed E-state index contributed by atoms with van der Waals surface area (Å²) in [6.07, 6.45) is 0. The highest BCUT2D eigenvalue weighted by Gasteiger charge is 2.12. The maximum atomic E-state index is 12.8. The molecule has 0 atom stereocenters. The van der Waals surface area contributed by atoms with E-state index in [0.717, 1.165) is 5.56 Å². The molecule has 0 saturated carbocycles. The van der Waals surface area contributed by atoms with E-state index in [4.69, 9.17) is 4.42 Å². The van der Waals surface area contributed by atoms with E-state index in [-0.39, 0.29) is 17.5 Å². The molecule has 0 spiro atoms. The molecule has 0 saturated heterocycles. The average Bonchev–Trinajstić information content (AvgIpc) is 2.78. The van der Waals surface area contributed by atoms with Crippen LogP contribution in [0.1, 0.15) is 10.6 Å². The summed E-state index contributed by atoms with van der Waals surface area (Å²) in [4.78, 5) is 11.6. The van der Waals surface area contributed by atoms with Crippen LogP contribution in [-0.2, 0) is 0 Å². The minimum Gasteiger partial charge on any atom is -0.451 e. The third kappa shape index (κ3) is 2.75. The van der Waals surface area contributed by atoms with Gasteiger partial charge in [-0.05, 0) is 36.4 Å². The second-order valence-corrected chi connectivity index (χ2v) is 4.01. The Hall–Kier alpha value is -2.14. The lowest BCUT2D eigenvalue weighted by molar-refractivity contribution is 0.0828. The number of carbonyl (C=O) groups excluding carboxylic acids is 1. The van der Waals surface area contributed by atoms with Crippen LogP contribution in [0.2, 0.25) is 0 Å². The number of hydrogen-bond donors (Lipinski definition) is 1. The first-order chi connectivity index (χ1) is 8.56. The van der Waals surface area contributed by atoms with E-state index in [1.54, 1.807) is 38.4 Å². The summed E-state index contributed by atoms with van der Waals surface area (Å²) < 4.78 is 18.2. The molecule has 1 heterocycles. The van der Waals surface area contributed by atoms with Gasteiger partial charge >= 0.3 is 5.91 Å². The van der Waals surface area contributed by atoms with Gasteiger partial charge in [-0.3, -0.25) is 10.2 Å². The predicted molar refractivity (Wildman–Crippen MR) is 65.3 cm³/mol. The van der Waals surface area contributed by atoms with E-state index in [0.29, 0.717) is 5.76 Å². The van der Waals surface area contributed by atoms with Gasteiger partial charge in [-0.2, -0.15) is 0 Å². The molecule has 0 unspecified atom stereocenters. The standard InChI is InChI=1S/C13H13FN2O2/c1-16(2)15-13(17)12-8-7-11(18-12)9-3-5-10(14)6-4-9/h3-8H,1-2H3,(H,15,17). The smallest absolute Gasteiger partial charge is 0.301 e. The number of nitrogens with zero attached hydrogens (tertiary/aromatic N) is 1. The molecule has 1 aromatic heterocycles. The normalized spacial score (nSPS) is 10.7. The van der Waals surface area contributed by atoms with Crippen LogP contribution in [0.25, 0.3) is 11.3 Å². The van der Waals surface area contributed by atoms with Crippen molar-refractivity contribution in [2.75, 3.05) is 14.1 Å². The van der Waals surface area contributed by atoms with Crippen molar-refractivity contribution in [3.63, 3.8) is 0 Å². The molecular formula is C13H13FN2O2. The molecule has 2 aromatic rings. The van der Waals surface area contributed by atoms with Gasteiger partial charge in [0.25, 0.3) is 0 Å². The number of halogens is 1. The Kier molecular flexibility index (Phi) is 3.43. The fourth-order valence-corrected chi connectivity index (χ4v) is 1.49. The molecule has 0 fully saturated rings. The van der Waals surface area contributed by atoms with Crippen LogP contribution in [0.5, 0.6) is 0 Å². The number of hydrazine groups is 1. The molecule has 0 aliphatic heterocycles. The topological polar surface area (TPSA) is 45.5 Å². The van der Waals surface area contributed by atoms with E-state index in [1.807, 2.05) is 0 Å². The SMILES string of the molecule is CN(C)NC(=O)c1ccc(-c2ccc(F)cc2)o1. The van der Waals surface area contributed by atoms with E-state index in [2.05, 4.69) is 5.43 Å². The van der Waals surface area contributed by atoms with Gasteiger partial charge in [0.2, 0.25) is 0 Å². The molecule has 0 aliphatic carbocycles. The Labute approximate surface area is 104 Å². The number of amides is 1. The van der Waals surface area contributed by atoms with Gasteiger partial charge in [0.15, 0.2) is 5.76 Å². The third-order valence-electron chi connectivity index (χ3n) is 2.28. The Balaban J connectivity index is 2.20. The van der Waals surface area contributed by atoms with Crippen LogP contribution < -0.4 is 5.43 Å². The maximum Gasteiger partial charge on any atom is 0.301 e. The molecule has 1 amide bonds. The Morgan fingerprint density at radius 3 is 2.44 bits per heavy atom. The Morgan fingerprint density at radius 2 is 1.83 bits per heavy atom. The lowest BCUT2D eigenvalue weighted by atomic mass is 10.2. The summed E-state index contributed by atoms with van der Waals surface area (Å²) in [5, 5.41) is 1.53. The van der Waals surface area contributed by atoms with Crippen LogP contribution in [0.4, 0.5) is 4.39 Å². The van der Waals surface area contributed by atoms with Gasteiger partial charge in [0.05, 0.1) is 0 Å². The predicted octanol–water partition coefficient (Wildman–Crippen LogP) is 2.29. The van der Waals surface area contributed by atoms with Gasteiger partial charge in [-0.25, -0.2) is 9.40 Å². The first-order valence-electron chi connectivity index (χ1n) is 5.40. The summed E-state index contributed by atoms with van der Waals surface area (Å²) in [6, 6.07) is 9.15. The summed E-state index contributed by atoms with van der Waals surface area (Å²) in [5.41, 5.74) is 3.30. The minimum absolute atomic E-state index is 0.211. The zero-order valence-electron chi connectivity index (χ0n) is 10.1. The zero-order chi connectivity index (χ0) is 13.1. The second kappa shape index (κ2) is 5.01. The van der Waals surface area contributed by atoms with Crippen molar-refractivity contribution < 1.29 is 13.6 Å². The van der Waals surface area contributed by atoms with E-state index >= 15 is 0 Å². The average molecular weight is 248 g/mol. The first kappa shape index (κ1) is 12.3. The Morgan fingerprint density at radius 1 is 1.17 bits per heavy atom. The molecule has 1 N–H and O–H groups in total. The van der Waals surface area contributed by atoms with Crippen molar-refractivity contribution in [1.29, 1.82) is 0 Å². The van der Waals surface area contributed by atoms with E-state index in [9.17, 15) is 9.18 Å². The van der Waals surface area contributed by atoms with Crippen LogP contribution in [0, 0.1) is 5.82 Å². The zero-order valence-corrected chi connectivity index (χ0v) is 10.1. The molecule has 0 aliphatic rings. The van der Waals surface area contributed by atoms with Crippen molar-refractivity contribution in [3.05, 3.63) is 48.0 Å². The van der Waals surface area contributed by atoms with Crippen LogP contribution in [0.3, 0.4) is 0 Å². The van der Waals surface area contributed by atoms with E-state index < -0.39 is 0 Å². The molecular weight excluding hydrogens is 235 g/mol. The summed E-state index contributed by atoms with van der Waals surface area (Å²) in [7, 11) is 3.42. The first-order valence-corrected chi connectivity index (χ1v) is 5.40. The maximum absolute atomic E-state index is 12.8. The van der Waals surface area contributed by atoms with Crippen molar-refractivity contribution in [1.82, 2.24) is 10.4 Å². The Bertz CT molecular complexity index is 546. The minimum atomic E-state index is -0.326. The van der Waals surface area contributed by atoms with Crippen molar-refractivity contribution >= 4 is 5.91 Å². The molecule has 4 nitrogen and oxygen atoms in total. The van der Waals surface area contributed by atoms with Crippen molar-refractivity contribution in [2.24, 2.45) is 0 Å². The monoisotopic (exact) mass is 248 g/mol.